The molecule has 2 heterocycles. The van der Waals surface area contributed by atoms with E-state index in [0.29, 0.717) is 23.9 Å². The second-order valence-corrected chi connectivity index (χ2v) is 7.35. The Kier molecular flexibility index (Phi) is 7.36. The summed E-state index contributed by atoms with van der Waals surface area (Å²) in [5.41, 5.74) is 2.81. The van der Waals surface area contributed by atoms with E-state index in [2.05, 4.69) is 17.0 Å². The maximum absolute atomic E-state index is 12.3. The largest absolute Gasteiger partial charge is 0.485 e. The third kappa shape index (κ3) is 5.33. The second-order valence-electron chi connectivity index (χ2n) is 6.97. The lowest BCUT2D eigenvalue weighted by molar-refractivity contribution is 0.0920. The number of nitrogens with zero attached hydrogens (tertiary/aromatic N) is 2. The van der Waals surface area contributed by atoms with Crippen molar-refractivity contribution in [2.75, 3.05) is 6.54 Å². The Balaban J connectivity index is 1.46. The van der Waals surface area contributed by atoms with Gasteiger partial charge in [0.2, 0.25) is 0 Å². The van der Waals surface area contributed by atoms with Crippen LogP contribution in [-0.2, 0) is 19.6 Å². The first-order valence-corrected chi connectivity index (χ1v) is 10.3. The maximum Gasteiger partial charge on any atom is 0.286 e. The zero-order chi connectivity index (χ0) is 21.5. The van der Waals surface area contributed by atoms with Gasteiger partial charge < -0.3 is 14.5 Å². The number of hydrogen-bond donors (Lipinski definition) is 1. The van der Waals surface area contributed by atoms with E-state index in [1.54, 1.807) is 12.1 Å². The minimum Gasteiger partial charge on any atom is -0.485 e. The van der Waals surface area contributed by atoms with Gasteiger partial charge in [-0.2, -0.15) is 5.10 Å². The van der Waals surface area contributed by atoms with E-state index in [9.17, 15) is 4.79 Å². The van der Waals surface area contributed by atoms with Crippen molar-refractivity contribution in [2.45, 2.75) is 39.8 Å². The Morgan fingerprint density at radius 2 is 2.10 bits per heavy atom. The van der Waals surface area contributed by atoms with Gasteiger partial charge in [0.25, 0.3) is 5.91 Å². The van der Waals surface area contributed by atoms with E-state index < -0.39 is 0 Å². The Morgan fingerprint density at radius 1 is 1.30 bits per heavy atom. The molecule has 0 bridgehead atoms. The Morgan fingerprint density at radius 3 is 2.83 bits per heavy atom. The Bertz CT molecular complexity index is 1020. The first-order chi connectivity index (χ1) is 14.5. The van der Waals surface area contributed by atoms with Crippen molar-refractivity contribution < 1.29 is 13.9 Å². The van der Waals surface area contributed by atoms with Crippen molar-refractivity contribution >= 4 is 17.5 Å². The van der Waals surface area contributed by atoms with E-state index in [0.717, 1.165) is 35.5 Å². The summed E-state index contributed by atoms with van der Waals surface area (Å²) in [6, 6.07) is 11.2. The summed E-state index contributed by atoms with van der Waals surface area (Å²) in [4.78, 5) is 12.3. The van der Waals surface area contributed by atoms with Crippen LogP contribution in [-0.4, -0.2) is 22.2 Å². The van der Waals surface area contributed by atoms with Crippen LogP contribution in [0.2, 0.25) is 5.02 Å². The van der Waals surface area contributed by atoms with Gasteiger partial charge in [0.1, 0.15) is 18.1 Å². The molecule has 0 atom stereocenters. The number of nitrogens with one attached hydrogen (secondary N) is 1. The molecule has 0 saturated heterocycles. The molecule has 6 nitrogen and oxygen atoms in total. The van der Waals surface area contributed by atoms with Gasteiger partial charge in [0, 0.05) is 13.1 Å². The van der Waals surface area contributed by atoms with Gasteiger partial charge in [-0.15, -0.1) is 6.58 Å². The van der Waals surface area contributed by atoms with Gasteiger partial charge >= 0.3 is 0 Å². The van der Waals surface area contributed by atoms with Crippen molar-refractivity contribution in [3.8, 4) is 5.75 Å². The summed E-state index contributed by atoms with van der Waals surface area (Å²) >= 11 is 6.15. The van der Waals surface area contributed by atoms with Crippen LogP contribution in [0.5, 0.6) is 5.75 Å². The fourth-order valence-electron chi connectivity index (χ4n) is 3.11. The lowest BCUT2D eigenvalue weighted by atomic mass is 10.1. The van der Waals surface area contributed by atoms with E-state index in [1.807, 2.05) is 48.9 Å². The number of halogens is 1. The molecule has 2 aromatic heterocycles. The number of carbonyl (C=O) groups excluding carboxylic acids is 1. The highest BCUT2D eigenvalue weighted by atomic mass is 35.5. The lowest BCUT2D eigenvalue weighted by Crippen LogP contribution is -2.25. The van der Waals surface area contributed by atoms with Crippen molar-refractivity contribution in [2.24, 2.45) is 0 Å². The van der Waals surface area contributed by atoms with E-state index in [4.69, 9.17) is 20.8 Å². The molecule has 0 fully saturated rings. The third-order valence-corrected chi connectivity index (χ3v) is 5.26. The summed E-state index contributed by atoms with van der Waals surface area (Å²) in [5, 5.41) is 7.94. The molecule has 3 aromatic rings. The molecular formula is C23H26ClN3O3. The summed E-state index contributed by atoms with van der Waals surface area (Å²) in [5.74, 6) is 1.39. The number of carbonyl (C=O) groups is 1. The Hall–Kier alpha value is -2.99. The minimum absolute atomic E-state index is 0.250. The number of rotatable bonds is 10. The normalized spacial score (nSPS) is 10.8. The molecule has 0 aliphatic heterocycles. The molecule has 0 aliphatic rings. The molecule has 0 saturated carbocycles. The second kappa shape index (κ2) is 10.2. The molecule has 1 amide bonds. The average molecular weight is 428 g/mol. The predicted molar refractivity (Wildman–Crippen MR) is 117 cm³/mol. The minimum atomic E-state index is -0.250. The molecule has 0 aliphatic carbocycles. The van der Waals surface area contributed by atoms with Crippen LogP contribution < -0.4 is 10.1 Å². The van der Waals surface area contributed by atoms with E-state index in [1.165, 1.54) is 0 Å². The monoisotopic (exact) mass is 427 g/mol. The molecular weight excluding hydrogens is 402 g/mol. The highest BCUT2D eigenvalue weighted by Gasteiger charge is 2.12. The van der Waals surface area contributed by atoms with Gasteiger partial charge in [0.05, 0.1) is 16.4 Å². The highest BCUT2D eigenvalue weighted by Crippen LogP contribution is 2.21. The zero-order valence-corrected chi connectivity index (χ0v) is 18.0. The van der Waals surface area contributed by atoms with Crippen LogP contribution in [0.25, 0.3) is 0 Å². The van der Waals surface area contributed by atoms with Crippen molar-refractivity contribution in [1.29, 1.82) is 0 Å². The molecule has 3 rings (SSSR count). The van der Waals surface area contributed by atoms with Gasteiger partial charge in [-0.1, -0.05) is 35.9 Å². The predicted octanol–water partition coefficient (Wildman–Crippen LogP) is 4.87. The number of furan rings is 1. The standard InChI is InChI=1S/C23H26ClN3O3/c1-4-8-18-9-5-6-10-20(18)29-15-19-11-12-21(30-19)23(28)25-13-7-14-27-17(3)22(24)16(2)26-27/h4-6,9-12H,1,7-8,13-15H2,2-3H3,(H,25,28). The molecule has 158 valence electrons. The topological polar surface area (TPSA) is 69.3 Å². The molecule has 0 spiro atoms. The van der Waals surface area contributed by atoms with Crippen LogP contribution in [0.4, 0.5) is 0 Å². The number of amides is 1. The molecule has 30 heavy (non-hydrogen) atoms. The van der Waals surface area contributed by atoms with Crippen LogP contribution in [0.15, 0.2) is 53.5 Å². The molecule has 0 unspecified atom stereocenters. The smallest absolute Gasteiger partial charge is 0.286 e. The first-order valence-electron chi connectivity index (χ1n) is 9.87. The van der Waals surface area contributed by atoms with E-state index in [-0.39, 0.29) is 18.3 Å². The maximum atomic E-state index is 12.3. The summed E-state index contributed by atoms with van der Waals surface area (Å²) in [6.45, 7) is 9.02. The third-order valence-electron chi connectivity index (χ3n) is 4.72. The van der Waals surface area contributed by atoms with Crippen molar-refractivity contribution in [3.05, 3.63) is 82.5 Å². The van der Waals surface area contributed by atoms with Crippen LogP contribution in [0, 0.1) is 13.8 Å². The average Bonchev–Trinajstić information content (AvgIpc) is 3.31. The van der Waals surface area contributed by atoms with Gasteiger partial charge in [-0.25, -0.2) is 0 Å². The first kappa shape index (κ1) is 21.7. The van der Waals surface area contributed by atoms with Gasteiger partial charge in [-0.3, -0.25) is 9.48 Å². The summed E-state index contributed by atoms with van der Waals surface area (Å²) in [6.07, 6.45) is 3.30. The van der Waals surface area contributed by atoms with Crippen LogP contribution >= 0.6 is 11.6 Å². The number of aryl methyl sites for hydroxylation is 2. The quantitative estimate of drug-likeness (QED) is 0.370. The summed E-state index contributed by atoms with van der Waals surface area (Å²) in [7, 11) is 0. The number of ether oxygens (including phenoxy) is 1. The lowest BCUT2D eigenvalue weighted by Gasteiger charge is -2.09. The number of benzene rings is 1. The van der Waals surface area contributed by atoms with Crippen molar-refractivity contribution in [1.82, 2.24) is 15.1 Å². The summed E-state index contributed by atoms with van der Waals surface area (Å²) < 4.78 is 13.3. The Labute approximate surface area is 181 Å². The fourth-order valence-corrected chi connectivity index (χ4v) is 3.24. The molecule has 7 heteroatoms. The number of para-hydroxylation sites is 1. The highest BCUT2D eigenvalue weighted by molar-refractivity contribution is 6.31. The number of hydrogen-bond acceptors (Lipinski definition) is 4. The van der Waals surface area contributed by atoms with Gasteiger partial charge in [-0.05, 0) is 50.5 Å². The van der Waals surface area contributed by atoms with Crippen LogP contribution in [0.1, 0.15) is 39.7 Å². The van der Waals surface area contributed by atoms with E-state index >= 15 is 0 Å². The zero-order valence-electron chi connectivity index (χ0n) is 17.3. The molecule has 1 N–H and O–H groups in total. The molecule has 1 aromatic carbocycles. The molecule has 0 radical (unpaired) electrons. The number of aromatic nitrogens is 2. The van der Waals surface area contributed by atoms with Crippen LogP contribution in [0.3, 0.4) is 0 Å². The number of allylic oxidation sites excluding steroid dienone is 1. The SMILES string of the molecule is C=CCc1ccccc1OCc1ccc(C(=O)NCCCn2nc(C)c(Cl)c2C)o1. The van der Waals surface area contributed by atoms with Crippen molar-refractivity contribution in [3.63, 3.8) is 0 Å². The fraction of sp³-hybridized carbons (Fsp3) is 0.304. The van der Waals surface area contributed by atoms with Gasteiger partial charge in [0.15, 0.2) is 5.76 Å².